The van der Waals surface area contributed by atoms with E-state index >= 15 is 0 Å². The van der Waals surface area contributed by atoms with Crippen LogP contribution in [0.1, 0.15) is 18.9 Å². The fourth-order valence-electron chi connectivity index (χ4n) is 2.21. The second-order valence-corrected chi connectivity index (χ2v) is 5.22. The Hall–Kier alpha value is -0.280. The van der Waals surface area contributed by atoms with Gasteiger partial charge in [0.2, 0.25) is 0 Å². The van der Waals surface area contributed by atoms with Crippen molar-refractivity contribution < 1.29 is 5.11 Å². The minimum absolute atomic E-state index is 0.165. The molecule has 2 rings (SSSR count). The first-order valence-corrected chi connectivity index (χ1v) is 6.18. The topological polar surface area (TPSA) is 32.3 Å². The third-order valence-electron chi connectivity index (χ3n) is 3.37. The van der Waals surface area contributed by atoms with E-state index in [1.807, 2.05) is 13.0 Å². The van der Waals surface area contributed by atoms with E-state index in [1.165, 1.54) is 0 Å². The Kier molecular flexibility index (Phi) is 3.45. The number of halogens is 2. The smallest absolute Gasteiger partial charge is 0.0946 e. The van der Waals surface area contributed by atoms with Crippen molar-refractivity contribution in [2.24, 2.45) is 5.92 Å². The molecule has 1 fully saturated rings. The fraction of sp³-hybridized carbons (Fsp3) is 0.500. The van der Waals surface area contributed by atoms with Crippen molar-refractivity contribution in [1.82, 2.24) is 5.32 Å². The molecular formula is C12H15Cl2NO. The number of rotatable bonds is 1. The van der Waals surface area contributed by atoms with Crippen LogP contribution in [0.25, 0.3) is 0 Å². The van der Waals surface area contributed by atoms with Crippen molar-refractivity contribution in [3.8, 4) is 0 Å². The Morgan fingerprint density at radius 2 is 2.12 bits per heavy atom. The van der Waals surface area contributed by atoms with Crippen molar-refractivity contribution >= 4 is 23.2 Å². The first-order chi connectivity index (χ1) is 7.54. The van der Waals surface area contributed by atoms with Crippen molar-refractivity contribution in [1.29, 1.82) is 0 Å². The third-order valence-corrected chi connectivity index (χ3v) is 4.11. The normalized spacial score (nSPS) is 30.4. The molecule has 1 saturated heterocycles. The molecule has 16 heavy (non-hydrogen) atoms. The Balaban J connectivity index is 2.37. The predicted molar refractivity (Wildman–Crippen MR) is 67.0 cm³/mol. The highest BCUT2D eigenvalue weighted by atomic mass is 35.5. The summed E-state index contributed by atoms with van der Waals surface area (Å²) in [6.45, 7) is 3.67. The van der Waals surface area contributed by atoms with Crippen LogP contribution >= 0.6 is 23.2 Å². The third kappa shape index (κ3) is 2.07. The maximum atomic E-state index is 10.7. The number of benzene rings is 1. The highest BCUT2D eigenvalue weighted by molar-refractivity contribution is 6.42. The van der Waals surface area contributed by atoms with Crippen LogP contribution in [-0.2, 0) is 5.60 Å². The molecule has 0 amide bonds. The largest absolute Gasteiger partial charge is 0.385 e. The zero-order chi connectivity index (χ0) is 11.8. The van der Waals surface area contributed by atoms with Gasteiger partial charge in [0.05, 0.1) is 15.6 Å². The maximum Gasteiger partial charge on any atom is 0.0946 e. The highest BCUT2D eigenvalue weighted by Crippen LogP contribution is 2.37. The second kappa shape index (κ2) is 4.53. The Bertz CT molecular complexity index is 397. The lowest BCUT2D eigenvalue weighted by Gasteiger charge is -2.39. The molecule has 1 aliphatic rings. The molecule has 2 nitrogen and oxygen atoms in total. The van der Waals surface area contributed by atoms with Crippen LogP contribution in [0.4, 0.5) is 0 Å². The van der Waals surface area contributed by atoms with E-state index in [1.54, 1.807) is 12.1 Å². The molecule has 4 heteroatoms. The fourth-order valence-corrected chi connectivity index (χ4v) is 2.51. The van der Waals surface area contributed by atoms with Gasteiger partial charge in [-0.05, 0) is 30.7 Å². The summed E-state index contributed by atoms with van der Waals surface area (Å²) in [5.74, 6) is 0.165. The Morgan fingerprint density at radius 3 is 2.75 bits per heavy atom. The van der Waals surface area contributed by atoms with Gasteiger partial charge in [-0.3, -0.25) is 0 Å². The molecule has 88 valence electrons. The summed E-state index contributed by atoms with van der Waals surface area (Å²) in [7, 11) is 0. The van der Waals surface area contributed by atoms with Crippen molar-refractivity contribution in [2.75, 3.05) is 13.1 Å². The van der Waals surface area contributed by atoms with E-state index < -0.39 is 5.60 Å². The minimum atomic E-state index is -0.792. The molecule has 1 heterocycles. The monoisotopic (exact) mass is 259 g/mol. The molecule has 1 aromatic rings. The number of hydrogen-bond acceptors (Lipinski definition) is 2. The molecule has 2 N–H and O–H groups in total. The summed E-state index contributed by atoms with van der Waals surface area (Å²) in [5, 5.41) is 15.0. The number of aliphatic hydroxyl groups is 1. The molecule has 0 spiro atoms. The number of piperidine rings is 1. The first kappa shape index (κ1) is 12.2. The van der Waals surface area contributed by atoms with Crippen LogP contribution in [0.2, 0.25) is 10.0 Å². The van der Waals surface area contributed by atoms with E-state index in [2.05, 4.69) is 5.32 Å². The van der Waals surface area contributed by atoms with E-state index in [4.69, 9.17) is 23.2 Å². The lowest BCUT2D eigenvalue weighted by molar-refractivity contribution is -0.0392. The molecule has 0 aromatic heterocycles. The van der Waals surface area contributed by atoms with Crippen molar-refractivity contribution in [2.45, 2.75) is 18.9 Å². The SMILES string of the molecule is CC1CNCCC1(O)c1ccc(Cl)c(Cl)c1. The van der Waals surface area contributed by atoms with Gasteiger partial charge in [0, 0.05) is 12.5 Å². The Morgan fingerprint density at radius 1 is 1.38 bits per heavy atom. The minimum Gasteiger partial charge on any atom is -0.385 e. The second-order valence-electron chi connectivity index (χ2n) is 4.41. The van der Waals surface area contributed by atoms with E-state index in [0.717, 1.165) is 18.7 Å². The van der Waals surface area contributed by atoms with Gasteiger partial charge in [0.1, 0.15) is 0 Å². The van der Waals surface area contributed by atoms with Gasteiger partial charge < -0.3 is 10.4 Å². The summed E-state index contributed by atoms with van der Waals surface area (Å²) in [5.41, 5.74) is 0.0651. The van der Waals surface area contributed by atoms with E-state index in [-0.39, 0.29) is 5.92 Å². The van der Waals surface area contributed by atoms with Crippen molar-refractivity contribution in [3.05, 3.63) is 33.8 Å². The van der Waals surface area contributed by atoms with Gasteiger partial charge in [0.15, 0.2) is 0 Å². The molecular weight excluding hydrogens is 245 g/mol. The van der Waals surface area contributed by atoms with E-state index in [0.29, 0.717) is 16.5 Å². The first-order valence-electron chi connectivity index (χ1n) is 5.42. The van der Waals surface area contributed by atoms with Crippen LogP contribution < -0.4 is 5.32 Å². The lowest BCUT2D eigenvalue weighted by atomic mass is 9.77. The van der Waals surface area contributed by atoms with Crippen LogP contribution in [0.3, 0.4) is 0 Å². The van der Waals surface area contributed by atoms with Gasteiger partial charge in [-0.2, -0.15) is 0 Å². The van der Waals surface area contributed by atoms with Crippen LogP contribution in [-0.4, -0.2) is 18.2 Å². The van der Waals surface area contributed by atoms with Crippen LogP contribution in [0.15, 0.2) is 18.2 Å². The average molecular weight is 260 g/mol. The zero-order valence-electron chi connectivity index (χ0n) is 9.13. The molecule has 1 aliphatic heterocycles. The molecule has 2 unspecified atom stereocenters. The summed E-state index contributed by atoms with van der Waals surface area (Å²) in [6, 6.07) is 5.37. The number of nitrogens with one attached hydrogen (secondary N) is 1. The lowest BCUT2D eigenvalue weighted by Crippen LogP contribution is -2.46. The Labute approximate surface area is 106 Å². The quantitative estimate of drug-likeness (QED) is 0.813. The summed E-state index contributed by atoms with van der Waals surface area (Å²) in [6.07, 6.45) is 0.701. The summed E-state index contributed by atoms with van der Waals surface area (Å²) < 4.78 is 0. The summed E-state index contributed by atoms with van der Waals surface area (Å²) >= 11 is 11.9. The summed E-state index contributed by atoms with van der Waals surface area (Å²) in [4.78, 5) is 0. The van der Waals surface area contributed by atoms with Crippen LogP contribution in [0.5, 0.6) is 0 Å². The molecule has 2 atom stereocenters. The highest BCUT2D eigenvalue weighted by Gasteiger charge is 2.37. The van der Waals surface area contributed by atoms with Gasteiger partial charge in [-0.1, -0.05) is 36.2 Å². The van der Waals surface area contributed by atoms with Gasteiger partial charge >= 0.3 is 0 Å². The molecule has 0 aliphatic carbocycles. The standard InChI is InChI=1S/C12H15Cl2NO/c1-8-7-15-5-4-12(8,16)9-2-3-10(13)11(14)6-9/h2-3,6,8,15-16H,4-5,7H2,1H3. The maximum absolute atomic E-state index is 10.7. The van der Waals surface area contributed by atoms with Gasteiger partial charge in [0.25, 0.3) is 0 Å². The zero-order valence-corrected chi connectivity index (χ0v) is 10.6. The predicted octanol–water partition coefficient (Wildman–Crippen LogP) is 2.81. The van der Waals surface area contributed by atoms with Gasteiger partial charge in [-0.25, -0.2) is 0 Å². The average Bonchev–Trinajstić information content (AvgIpc) is 2.26. The number of hydrogen-bond donors (Lipinski definition) is 2. The van der Waals surface area contributed by atoms with E-state index in [9.17, 15) is 5.11 Å². The van der Waals surface area contributed by atoms with Gasteiger partial charge in [-0.15, -0.1) is 0 Å². The van der Waals surface area contributed by atoms with Crippen LogP contribution in [0, 0.1) is 5.92 Å². The molecule has 0 saturated carbocycles. The van der Waals surface area contributed by atoms with Crippen molar-refractivity contribution in [3.63, 3.8) is 0 Å². The molecule has 1 aromatic carbocycles. The molecule has 0 bridgehead atoms. The molecule has 0 radical (unpaired) electrons.